The SMILES string of the molecule is COC1CCN(C2CC(C)CCC2C#N)CC1. The third-order valence-corrected chi connectivity index (χ3v) is 4.52. The molecule has 1 aliphatic carbocycles. The summed E-state index contributed by atoms with van der Waals surface area (Å²) in [6.45, 7) is 4.53. The zero-order valence-corrected chi connectivity index (χ0v) is 11.1. The fourth-order valence-electron chi connectivity index (χ4n) is 3.35. The van der Waals surface area contributed by atoms with Gasteiger partial charge in [-0.3, -0.25) is 4.90 Å². The van der Waals surface area contributed by atoms with Crippen LogP contribution in [0.4, 0.5) is 0 Å². The van der Waals surface area contributed by atoms with E-state index in [1.54, 1.807) is 7.11 Å². The minimum atomic E-state index is 0.255. The fourth-order valence-corrected chi connectivity index (χ4v) is 3.35. The smallest absolute Gasteiger partial charge is 0.0672 e. The number of likely N-dealkylation sites (tertiary alicyclic amines) is 1. The first-order chi connectivity index (χ1) is 8.24. The van der Waals surface area contributed by atoms with E-state index in [0.717, 1.165) is 38.3 Å². The molecule has 1 saturated heterocycles. The Bertz CT molecular complexity index is 278. The maximum absolute atomic E-state index is 9.28. The van der Waals surface area contributed by atoms with Gasteiger partial charge in [-0.25, -0.2) is 0 Å². The molecule has 0 aromatic heterocycles. The maximum atomic E-state index is 9.28. The summed E-state index contributed by atoms with van der Waals surface area (Å²) in [7, 11) is 1.81. The van der Waals surface area contributed by atoms with Gasteiger partial charge < -0.3 is 4.74 Å². The first-order valence-electron chi connectivity index (χ1n) is 6.91. The summed E-state index contributed by atoms with van der Waals surface area (Å²) in [6.07, 6.45) is 6.21. The van der Waals surface area contributed by atoms with E-state index < -0.39 is 0 Å². The molecule has 1 heterocycles. The van der Waals surface area contributed by atoms with Crippen molar-refractivity contribution in [2.75, 3.05) is 20.2 Å². The first kappa shape index (κ1) is 12.9. The molecule has 96 valence electrons. The summed E-state index contributed by atoms with van der Waals surface area (Å²) >= 11 is 0. The number of rotatable bonds is 2. The monoisotopic (exact) mass is 236 g/mol. The van der Waals surface area contributed by atoms with E-state index in [1.165, 1.54) is 12.8 Å². The molecular weight excluding hydrogens is 212 g/mol. The zero-order chi connectivity index (χ0) is 12.3. The lowest BCUT2D eigenvalue weighted by atomic mass is 9.78. The van der Waals surface area contributed by atoms with Gasteiger partial charge in [0.25, 0.3) is 0 Å². The third kappa shape index (κ3) is 3.00. The number of piperidine rings is 1. The second-order valence-corrected chi connectivity index (χ2v) is 5.69. The van der Waals surface area contributed by atoms with Gasteiger partial charge in [-0.1, -0.05) is 6.92 Å². The number of methoxy groups -OCH3 is 1. The number of nitrogens with zero attached hydrogens (tertiary/aromatic N) is 2. The molecule has 0 aromatic carbocycles. The Labute approximate surface area is 105 Å². The van der Waals surface area contributed by atoms with Crippen molar-refractivity contribution in [3.63, 3.8) is 0 Å². The van der Waals surface area contributed by atoms with Gasteiger partial charge in [0.05, 0.1) is 18.1 Å². The molecule has 1 saturated carbocycles. The first-order valence-corrected chi connectivity index (χ1v) is 6.91. The van der Waals surface area contributed by atoms with Gasteiger partial charge in [-0.15, -0.1) is 0 Å². The van der Waals surface area contributed by atoms with Crippen LogP contribution in [0.3, 0.4) is 0 Å². The highest BCUT2D eigenvalue weighted by Gasteiger charge is 2.34. The molecule has 2 rings (SSSR count). The molecule has 0 N–H and O–H groups in total. The fraction of sp³-hybridized carbons (Fsp3) is 0.929. The lowest BCUT2D eigenvalue weighted by molar-refractivity contribution is 0.00917. The van der Waals surface area contributed by atoms with Crippen LogP contribution >= 0.6 is 0 Å². The maximum Gasteiger partial charge on any atom is 0.0672 e. The Balaban J connectivity index is 1.93. The lowest BCUT2D eigenvalue weighted by Gasteiger charge is -2.42. The molecule has 3 heteroatoms. The van der Waals surface area contributed by atoms with Gasteiger partial charge in [0.1, 0.15) is 0 Å². The highest BCUT2D eigenvalue weighted by atomic mass is 16.5. The standard InChI is InChI=1S/C14H24N2O/c1-11-3-4-12(10-15)14(9-11)16-7-5-13(17-2)6-8-16/h11-14H,3-9H2,1-2H3. The summed E-state index contributed by atoms with van der Waals surface area (Å²) in [4.78, 5) is 2.54. The predicted octanol–water partition coefficient (Wildman–Crippen LogP) is 2.43. The molecule has 0 bridgehead atoms. The predicted molar refractivity (Wildman–Crippen MR) is 67.5 cm³/mol. The van der Waals surface area contributed by atoms with E-state index >= 15 is 0 Å². The van der Waals surface area contributed by atoms with Crippen molar-refractivity contribution < 1.29 is 4.74 Å². The molecule has 0 spiro atoms. The third-order valence-electron chi connectivity index (χ3n) is 4.52. The Hall–Kier alpha value is -0.590. The van der Waals surface area contributed by atoms with Gasteiger partial charge in [-0.05, 0) is 38.0 Å². The Morgan fingerprint density at radius 3 is 2.47 bits per heavy atom. The minimum Gasteiger partial charge on any atom is -0.381 e. The average Bonchev–Trinajstić information content (AvgIpc) is 2.39. The van der Waals surface area contributed by atoms with Crippen LogP contribution in [0.2, 0.25) is 0 Å². The molecule has 3 nitrogen and oxygen atoms in total. The van der Waals surface area contributed by atoms with Crippen LogP contribution in [0.15, 0.2) is 0 Å². The van der Waals surface area contributed by atoms with E-state index in [4.69, 9.17) is 4.74 Å². The Morgan fingerprint density at radius 1 is 1.18 bits per heavy atom. The van der Waals surface area contributed by atoms with Gasteiger partial charge in [-0.2, -0.15) is 5.26 Å². The number of nitriles is 1. The van der Waals surface area contributed by atoms with Crippen LogP contribution < -0.4 is 0 Å². The van der Waals surface area contributed by atoms with Crippen molar-refractivity contribution in [1.29, 1.82) is 5.26 Å². The largest absolute Gasteiger partial charge is 0.381 e. The van der Waals surface area contributed by atoms with Crippen molar-refractivity contribution in [2.24, 2.45) is 11.8 Å². The summed E-state index contributed by atoms with van der Waals surface area (Å²) in [5, 5.41) is 9.28. The van der Waals surface area contributed by atoms with Crippen LogP contribution in [0, 0.1) is 23.2 Å². The highest BCUT2D eigenvalue weighted by Crippen LogP contribution is 2.33. The molecule has 3 unspecified atom stereocenters. The van der Waals surface area contributed by atoms with E-state index in [9.17, 15) is 5.26 Å². The molecule has 2 aliphatic rings. The van der Waals surface area contributed by atoms with E-state index in [-0.39, 0.29) is 5.92 Å². The summed E-state index contributed by atoms with van der Waals surface area (Å²) in [6, 6.07) is 3.03. The Morgan fingerprint density at radius 2 is 1.88 bits per heavy atom. The quantitative estimate of drug-likeness (QED) is 0.739. The van der Waals surface area contributed by atoms with Crippen LogP contribution in [0.25, 0.3) is 0 Å². The lowest BCUT2D eigenvalue weighted by Crippen LogP contribution is -2.48. The van der Waals surface area contributed by atoms with E-state index in [0.29, 0.717) is 12.1 Å². The van der Waals surface area contributed by atoms with Crippen molar-refractivity contribution in [3.05, 3.63) is 0 Å². The molecule has 0 radical (unpaired) electrons. The van der Waals surface area contributed by atoms with Crippen LogP contribution in [-0.2, 0) is 4.74 Å². The summed E-state index contributed by atoms with van der Waals surface area (Å²) in [5.74, 6) is 1.04. The van der Waals surface area contributed by atoms with Crippen LogP contribution in [0.5, 0.6) is 0 Å². The van der Waals surface area contributed by atoms with Gasteiger partial charge >= 0.3 is 0 Å². The molecule has 0 amide bonds. The van der Waals surface area contributed by atoms with Crippen molar-refractivity contribution in [1.82, 2.24) is 4.90 Å². The second kappa shape index (κ2) is 5.84. The minimum absolute atomic E-state index is 0.255. The molecular formula is C14H24N2O. The van der Waals surface area contributed by atoms with Crippen molar-refractivity contribution in [2.45, 2.75) is 51.2 Å². The number of hydrogen-bond donors (Lipinski definition) is 0. The van der Waals surface area contributed by atoms with Gasteiger partial charge in [0, 0.05) is 26.2 Å². The topological polar surface area (TPSA) is 36.3 Å². The molecule has 1 aliphatic heterocycles. The van der Waals surface area contributed by atoms with Crippen LogP contribution in [-0.4, -0.2) is 37.2 Å². The second-order valence-electron chi connectivity index (χ2n) is 5.69. The average molecular weight is 236 g/mol. The van der Waals surface area contributed by atoms with E-state index in [2.05, 4.69) is 17.9 Å². The highest BCUT2D eigenvalue weighted by molar-refractivity contribution is 4.98. The summed E-state index contributed by atoms with van der Waals surface area (Å²) in [5.41, 5.74) is 0. The van der Waals surface area contributed by atoms with Crippen LogP contribution in [0.1, 0.15) is 39.0 Å². The molecule has 17 heavy (non-hydrogen) atoms. The van der Waals surface area contributed by atoms with Gasteiger partial charge in [0.2, 0.25) is 0 Å². The summed E-state index contributed by atoms with van der Waals surface area (Å²) < 4.78 is 5.41. The van der Waals surface area contributed by atoms with Crippen molar-refractivity contribution in [3.8, 4) is 6.07 Å². The van der Waals surface area contributed by atoms with Gasteiger partial charge in [0.15, 0.2) is 0 Å². The zero-order valence-electron chi connectivity index (χ0n) is 11.1. The number of hydrogen-bond acceptors (Lipinski definition) is 3. The Kier molecular flexibility index (Phi) is 4.42. The molecule has 2 fully saturated rings. The normalized spacial score (nSPS) is 36.6. The number of ether oxygens (including phenoxy) is 1. The molecule has 0 aromatic rings. The molecule has 3 atom stereocenters. The van der Waals surface area contributed by atoms with Crippen molar-refractivity contribution >= 4 is 0 Å². The van der Waals surface area contributed by atoms with E-state index in [1.807, 2.05) is 0 Å².